The molecule has 1 fully saturated rings. The minimum atomic E-state index is -0.367. The van der Waals surface area contributed by atoms with Gasteiger partial charge in [0.1, 0.15) is 5.82 Å². The molecule has 1 aliphatic rings. The predicted octanol–water partition coefficient (Wildman–Crippen LogP) is 2.81. The van der Waals surface area contributed by atoms with Gasteiger partial charge < -0.3 is 9.31 Å². The van der Waals surface area contributed by atoms with Crippen LogP contribution in [0.4, 0.5) is 4.39 Å². The summed E-state index contributed by atoms with van der Waals surface area (Å²) in [5.41, 5.74) is 0.984. The van der Waals surface area contributed by atoms with Crippen LogP contribution in [0.25, 0.3) is 10.1 Å². The normalized spacial score (nSPS) is 19.4. The second kappa shape index (κ2) is 4.33. The topological polar surface area (TPSA) is 18.5 Å². The monoisotopic (exact) mass is 264 g/mol. The fourth-order valence-electron chi connectivity index (χ4n) is 2.08. The van der Waals surface area contributed by atoms with Crippen molar-refractivity contribution in [1.29, 1.82) is 0 Å². The zero-order chi connectivity index (χ0) is 12.8. The summed E-state index contributed by atoms with van der Waals surface area (Å²) in [6.45, 7) is 5.53. The Morgan fingerprint density at radius 3 is 2.72 bits per heavy atom. The molecule has 1 saturated heterocycles. The maximum absolute atomic E-state index is 13.3. The summed E-state index contributed by atoms with van der Waals surface area (Å²) in [7, 11) is -0.367. The first-order chi connectivity index (χ1) is 8.55. The van der Waals surface area contributed by atoms with Crippen molar-refractivity contribution in [2.45, 2.75) is 13.8 Å². The first-order valence-corrected chi connectivity index (χ1v) is 6.83. The Morgan fingerprint density at radius 2 is 2.00 bits per heavy atom. The van der Waals surface area contributed by atoms with E-state index in [4.69, 9.17) is 9.31 Å². The molecule has 1 aliphatic heterocycles. The number of rotatable bonds is 1. The van der Waals surface area contributed by atoms with Crippen molar-refractivity contribution >= 4 is 34.0 Å². The zero-order valence-corrected chi connectivity index (χ0v) is 11.2. The van der Waals surface area contributed by atoms with E-state index >= 15 is 0 Å². The van der Waals surface area contributed by atoms with Crippen LogP contribution in [0.15, 0.2) is 23.6 Å². The summed E-state index contributed by atoms with van der Waals surface area (Å²) in [5, 5.41) is 2.89. The van der Waals surface area contributed by atoms with Gasteiger partial charge in [0.05, 0.1) is 0 Å². The molecule has 0 spiro atoms. The number of benzene rings is 1. The van der Waals surface area contributed by atoms with Gasteiger partial charge in [-0.05, 0) is 29.0 Å². The van der Waals surface area contributed by atoms with Crippen molar-refractivity contribution in [3.63, 3.8) is 0 Å². The highest BCUT2D eigenvalue weighted by atomic mass is 32.1. The maximum atomic E-state index is 13.3. The van der Waals surface area contributed by atoms with E-state index in [0.717, 1.165) is 15.5 Å². The maximum Gasteiger partial charge on any atom is 0.495 e. The summed E-state index contributed by atoms with van der Waals surface area (Å²) in [5.74, 6) is -0.224. The van der Waals surface area contributed by atoms with Gasteiger partial charge in [-0.2, -0.15) is 0 Å². The highest BCUT2D eigenvalue weighted by Gasteiger charge is 2.34. The van der Waals surface area contributed by atoms with Crippen LogP contribution in [0.5, 0.6) is 0 Å². The van der Waals surface area contributed by atoms with Crippen LogP contribution in [0.1, 0.15) is 13.8 Å². The standard InChI is InChI=1S/C13H14BFO2S/c1-13(2)7-16-14(17-8-13)11-6-18-12-4-3-9(15)5-10(11)12/h3-6H,7-8H2,1-2H3. The molecule has 2 nitrogen and oxygen atoms in total. The van der Waals surface area contributed by atoms with Gasteiger partial charge in [0, 0.05) is 28.8 Å². The van der Waals surface area contributed by atoms with Crippen molar-refractivity contribution in [1.82, 2.24) is 0 Å². The van der Waals surface area contributed by atoms with Gasteiger partial charge in [-0.25, -0.2) is 4.39 Å². The number of halogens is 1. The molecule has 3 rings (SSSR count). The molecule has 94 valence electrons. The van der Waals surface area contributed by atoms with Crippen LogP contribution in [-0.4, -0.2) is 20.3 Å². The fourth-order valence-corrected chi connectivity index (χ4v) is 3.02. The summed E-state index contributed by atoms with van der Waals surface area (Å²) >= 11 is 1.59. The predicted molar refractivity (Wildman–Crippen MR) is 72.9 cm³/mol. The summed E-state index contributed by atoms with van der Waals surface area (Å²) < 4.78 is 25.9. The van der Waals surface area contributed by atoms with E-state index in [1.807, 2.05) is 5.38 Å². The SMILES string of the molecule is CC1(C)COB(c2csc3ccc(F)cc23)OC1. The van der Waals surface area contributed by atoms with Crippen LogP contribution in [-0.2, 0) is 9.31 Å². The van der Waals surface area contributed by atoms with E-state index < -0.39 is 0 Å². The van der Waals surface area contributed by atoms with Crippen molar-refractivity contribution in [2.75, 3.05) is 13.2 Å². The number of fused-ring (bicyclic) bond motifs is 1. The zero-order valence-electron chi connectivity index (χ0n) is 10.4. The molecular weight excluding hydrogens is 250 g/mol. The van der Waals surface area contributed by atoms with Crippen molar-refractivity contribution in [3.8, 4) is 0 Å². The van der Waals surface area contributed by atoms with Crippen LogP contribution in [0.3, 0.4) is 0 Å². The lowest BCUT2D eigenvalue weighted by Crippen LogP contribution is -2.47. The highest BCUT2D eigenvalue weighted by molar-refractivity contribution is 7.18. The van der Waals surface area contributed by atoms with E-state index in [2.05, 4.69) is 13.8 Å². The molecule has 2 aromatic rings. The number of hydrogen-bond acceptors (Lipinski definition) is 3. The molecule has 0 unspecified atom stereocenters. The Morgan fingerprint density at radius 1 is 1.28 bits per heavy atom. The Hall–Kier alpha value is -0.905. The highest BCUT2D eigenvalue weighted by Crippen LogP contribution is 2.25. The lowest BCUT2D eigenvalue weighted by molar-refractivity contribution is 0.0344. The molecule has 0 amide bonds. The van der Waals surface area contributed by atoms with Gasteiger partial charge in [-0.15, -0.1) is 11.3 Å². The number of thiophene rings is 1. The summed E-state index contributed by atoms with van der Waals surface area (Å²) in [4.78, 5) is 0. The average Bonchev–Trinajstić information content (AvgIpc) is 2.72. The van der Waals surface area contributed by atoms with E-state index in [0.29, 0.717) is 13.2 Å². The van der Waals surface area contributed by atoms with Gasteiger partial charge >= 0.3 is 7.12 Å². The minimum Gasteiger partial charge on any atom is -0.407 e. The number of hydrogen-bond donors (Lipinski definition) is 0. The fraction of sp³-hybridized carbons (Fsp3) is 0.385. The Balaban J connectivity index is 1.93. The van der Waals surface area contributed by atoms with E-state index in [-0.39, 0.29) is 18.4 Å². The molecule has 1 aromatic carbocycles. The molecule has 1 aromatic heterocycles. The quantitative estimate of drug-likeness (QED) is 0.737. The Bertz CT molecular complexity index is 571. The van der Waals surface area contributed by atoms with Crippen LogP contribution in [0.2, 0.25) is 0 Å². The van der Waals surface area contributed by atoms with Gasteiger partial charge in [-0.3, -0.25) is 0 Å². The molecule has 0 saturated carbocycles. The van der Waals surface area contributed by atoms with Crippen molar-refractivity contribution in [2.24, 2.45) is 5.41 Å². The molecule has 0 aliphatic carbocycles. The smallest absolute Gasteiger partial charge is 0.407 e. The first kappa shape index (κ1) is 12.1. The summed E-state index contributed by atoms with van der Waals surface area (Å²) in [6.07, 6.45) is 0. The van der Waals surface area contributed by atoms with Crippen LogP contribution >= 0.6 is 11.3 Å². The largest absolute Gasteiger partial charge is 0.495 e. The van der Waals surface area contributed by atoms with Gasteiger partial charge in [0.2, 0.25) is 0 Å². The molecule has 2 heterocycles. The third-order valence-electron chi connectivity index (χ3n) is 3.07. The van der Waals surface area contributed by atoms with Gasteiger partial charge in [0.15, 0.2) is 0 Å². The van der Waals surface area contributed by atoms with Gasteiger partial charge in [-0.1, -0.05) is 13.8 Å². The lowest BCUT2D eigenvalue weighted by atomic mass is 9.76. The molecule has 18 heavy (non-hydrogen) atoms. The van der Waals surface area contributed by atoms with Crippen molar-refractivity contribution < 1.29 is 13.7 Å². The first-order valence-electron chi connectivity index (χ1n) is 5.95. The molecule has 5 heteroatoms. The third kappa shape index (κ3) is 2.18. The molecule has 0 atom stereocenters. The molecule has 0 radical (unpaired) electrons. The average molecular weight is 264 g/mol. The van der Waals surface area contributed by atoms with Crippen LogP contribution in [0, 0.1) is 11.2 Å². The van der Waals surface area contributed by atoms with E-state index in [1.54, 1.807) is 23.5 Å². The molecule has 0 bridgehead atoms. The molecular formula is C13H14BFO2S. The second-order valence-electron chi connectivity index (χ2n) is 5.45. The van der Waals surface area contributed by atoms with Crippen LogP contribution < -0.4 is 5.46 Å². The van der Waals surface area contributed by atoms with Crippen molar-refractivity contribution in [3.05, 3.63) is 29.4 Å². The third-order valence-corrected chi connectivity index (χ3v) is 4.05. The Labute approximate surface area is 110 Å². The second-order valence-corrected chi connectivity index (χ2v) is 6.36. The minimum absolute atomic E-state index is 0.0492. The lowest BCUT2D eigenvalue weighted by Gasteiger charge is -2.32. The van der Waals surface area contributed by atoms with E-state index in [9.17, 15) is 4.39 Å². The summed E-state index contributed by atoms with van der Waals surface area (Å²) in [6, 6.07) is 4.83. The van der Waals surface area contributed by atoms with Gasteiger partial charge in [0.25, 0.3) is 0 Å². The Kier molecular flexibility index (Phi) is 2.92. The van der Waals surface area contributed by atoms with E-state index in [1.165, 1.54) is 6.07 Å². The molecule has 0 N–H and O–H groups in total.